The van der Waals surface area contributed by atoms with Gasteiger partial charge >= 0.3 is 6.03 Å². The zero-order chi connectivity index (χ0) is 28.2. The second kappa shape index (κ2) is 20.1. The summed E-state index contributed by atoms with van der Waals surface area (Å²) in [6, 6.07) is 8.24. The molecule has 1 aliphatic rings. The van der Waals surface area contributed by atoms with Crippen molar-refractivity contribution in [1.82, 2.24) is 15.5 Å². The van der Waals surface area contributed by atoms with E-state index in [-0.39, 0.29) is 17.9 Å². The van der Waals surface area contributed by atoms with Gasteiger partial charge in [-0.15, -0.1) is 0 Å². The quantitative estimate of drug-likeness (QED) is 0.176. The molecule has 0 radical (unpaired) electrons. The van der Waals surface area contributed by atoms with Gasteiger partial charge < -0.3 is 20.9 Å². The SMILES string of the molecule is C=C/C=C\C=C(/C)NC(=O)NCCCCCCCN1CCC(c2cccc(NC(=O)C(C)C)c2)CC1.CC. The lowest BCUT2D eigenvalue weighted by atomic mass is 9.89. The van der Waals surface area contributed by atoms with E-state index in [9.17, 15) is 9.59 Å². The van der Waals surface area contributed by atoms with Crippen LogP contribution in [0, 0.1) is 5.92 Å². The van der Waals surface area contributed by atoms with Gasteiger partial charge in [-0.05, 0) is 81.9 Å². The first-order valence-corrected chi connectivity index (χ1v) is 14.5. The van der Waals surface area contributed by atoms with E-state index in [1.165, 1.54) is 44.2 Å². The van der Waals surface area contributed by atoms with Crippen molar-refractivity contribution in [3.8, 4) is 0 Å². The molecule has 0 atom stereocenters. The topological polar surface area (TPSA) is 73.5 Å². The fraction of sp³-hybridized carbons (Fsp3) is 0.562. The summed E-state index contributed by atoms with van der Waals surface area (Å²) in [4.78, 5) is 26.5. The number of rotatable bonds is 14. The third-order valence-corrected chi connectivity index (χ3v) is 6.58. The highest BCUT2D eigenvalue weighted by Crippen LogP contribution is 2.29. The molecule has 3 N–H and O–H groups in total. The number of amides is 3. The maximum atomic E-state index is 12.0. The molecular weight excluding hydrogens is 472 g/mol. The number of benzene rings is 1. The first-order chi connectivity index (χ1) is 18.4. The van der Waals surface area contributed by atoms with Crippen LogP contribution >= 0.6 is 0 Å². The van der Waals surface area contributed by atoms with E-state index in [0.717, 1.165) is 37.3 Å². The third-order valence-electron chi connectivity index (χ3n) is 6.58. The summed E-state index contributed by atoms with van der Waals surface area (Å²) in [5.74, 6) is 0.631. The van der Waals surface area contributed by atoms with Crippen molar-refractivity contribution in [2.45, 2.75) is 85.5 Å². The molecular formula is C32H52N4O2. The molecule has 6 nitrogen and oxygen atoms in total. The fourth-order valence-electron chi connectivity index (χ4n) is 4.38. The van der Waals surface area contributed by atoms with Gasteiger partial charge in [0, 0.05) is 23.8 Å². The van der Waals surface area contributed by atoms with Gasteiger partial charge in [0.25, 0.3) is 0 Å². The molecule has 38 heavy (non-hydrogen) atoms. The number of nitrogens with zero attached hydrogens (tertiary/aromatic N) is 1. The van der Waals surface area contributed by atoms with Crippen molar-refractivity contribution in [1.29, 1.82) is 0 Å². The molecule has 1 aliphatic heterocycles. The van der Waals surface area contributed by atoms with E-state index in [1.807, 2.05) is 58.9 Å². The van der Waals surface area contributed by atoms with Crippen molar-refractivity contribution in [2.24, 2.45) is 5.92 Å². The van der Waals surface area contributed by atoms with Gasteiger partial charge in [-0.25, -0.2) is 4.79 Å². The van der Waals surface area contributed by atoms with Gasteiger partial charge in [0.2, 0.25) is 5.91 Å². The molecule has 0 bridgehead atoms. The van der Waals surface area contributed by atoms with Crippen LogP contribution < -0.4 is 16.0 Å². The van der Waals surface area contributed by atoms with Crippen LogP contribution in [-0.2, 0) is 4.79 Å². The Balaban J connectivity index is 0.00000352. The number of carbonyl (C=O) groups excluding carboxylic acids is 2. The zero-order valence-electron chi connectivity index (χ0n) is 24.5. The Morgan fingerprint density at radius 1 is 1.05 bits per heavy atom. The van der Waals surface area contributed by atoms with E-state index in [1.54, 1.807) is 6.08 Å². The Hall–Kier alpha value is -2.86. The number of hydrogen-bond donors (Lipinski definition) is 3. The van der Waals surface area contributed by atoms with Crippen molar-refractivity contribution in [2.75, 3.05) is 31.5 Å². The lowest BCUT2D eigenvalue weighted by molar-refractivity contribution is -0.118. The van der Waals surface area contributed by atoms with Gasteiger partial charge in [0.05, 0.1) is 0 Å². The average Bonchev–Trinajstić information content (AvgIpc) is 2.92. The maximum Gasteiger partial charge on any atom is 0.318 e. The van der Waals surface area contributed by atoms with Gasteiger partial charge in [-0.2, -0.15) is 0 Å². The summed E-state index contributed by atoms with van der Waals surface area (Å²) in [5, 5.41) is 8.76. The van der Waals surface area contributed by atoms with Crippen LogP contribution in [0.2, 0.25) is 0 Å². The molecule has 2 rings (SSSR count). The number of allylic oxidation sites excluding steroid dienone is 5. The minimum absolute atomic E-state index is 0.0115. The standard InChI is InChI=1S/C30H46N4O2.C2H6/c1-5-6-10-14-25(4)32-30(36)31-19-11-8-7-9-12-20-34-21-17-26(18-22-34)27-15-13-16-28(23-27)33-29(35)24(2)3;1-2/h5-6,10,13-16,23-24,26H,1,7-9,11-12,17-22H2,2-4H3,(H,33,35)(H2,31,32,36);1-2H3/b10-6-,25-14+;. The molecule has 1 saturated heterocycles. The largest absolute Gasteiger partial charge is 0.338 e. The van der Waals surface area contributed by atoms with Crippen LogP contribution in [0.1, 0.15) is 91.0 Å². The van der Waals surface area contributed by atoms with Gasteiger partial charge in [0.15, 0.2) is 0 Å². The highest BCUT2D eigenvalue weighted by Gasteiger charge is 2.20. The first kappa shape index (κ1) is 33.2. The van der Waals surface area contributed by atoms with Crippen LogP contribution in [0.5, 0.6) is 0 Å². The maximum absolute atomic E-state index is 12.0. The van der Waals surface area contributed by atoms with Crippen LogP contribution in [0.15, 0.2) is 60.8 Å². The molecule has 0 unspecified atom stereocenters. The summed E-state index contributed by atoms with van der Waals surface area (Å²) < 4.78 is 0. The lowest BCUT2D eigenvalue weighted by Gasteiger charge is -2.32. The Bertz CT molecular complexity index is 883. The van der Waals surface area contributed by atoms with Crippen molar-refractivity contribution in [3.63, 3.8) is 0 Å². The van der Waals surface area contributed by atoms with Crippen LogP contribution in [-0.4, -0.2) is 43.0 Å². The number of anilines is 1. The second-order valence-corrected chi connectivity index (χ2v) is 10.0. The Labute approximate surface area is 232 Å². The number of unbranched alkanes of at least 4 members (excludes halogenated alkanes) is 4. The predicted molar refractivity (Wildman–Crippen MR) is 162 cm³/mol. The summed E-state index contributed by atoms with van der Waals surface area (Å²) in [6.07, 6.45) is 15.4. The molecule has 6 heteroatoms. The number of likely N-dealkylation sites (tertiary alicyclic amines) is 1. The van der Waals surface area contributed by atoms with E-state index in [2.05, 4.69) is 45.6 Å². The Morgan fingerprint density at radius 2 is 1.74 bits per heavy atom. The van der Waals surface area contributed by atoms with E-state index < -0.39 is 0 Å². The molecule has 1 fully saturated rings. The number of hydrogen-bond acceptors (Lipinski definition) is 3. The minimum Gasteiger partial charge on any atom is -0.338 e. The van der Waals surface area contributed by atoms with E-state index in [4.69, 9.17) is 0 Å². The molecule has 1 heterocycles. The highest BCUT2D eigenvalue weighted by atomic mass is 16.2. The van der Waals surface area contributed by atoms with Gasteiger partial charge in [0.1, 0.15) is 0 Å². The predicted octanol–water partition coefficient (Wildman–Crippen LogP) is 7.38. The molecule has 212 valence electrons. The average molecular weight is 525 g/mol. The van der Waals surface area contributed by atoms with Crippen molar-refractivity contribution in [3.05, 3.63) is 66.4 Å². The zero-order valence-corrected chi connectivity index (χ0v) is 24.5. The highest BCUT2D eigenvalue weighted by molar-refractivity contribution is 5.92. The molecule has 0 aliphatic carbocycles. The van der Waals surface area contributed by atoms with E-state index in [0.29, 0.717) is 12.5 Å². The molecule has 1 aromatic rings. The lowest BCUT2D eigenvalue weighted by Crippen LogP contribution is -2.34. The van der Waals surface area contributed by atoms with Gasteiger partial charge in [-0.3, -0.25) is 4.79 Å². The van der Waals surface area contributed by atoms with Crippen molar-refractivity contribution < 1.29 is 9.59 Å². The Morgan fingerprint density at radius 3 is 2.42 bits per heavy atom. The van der Waals surface area contributed by atoms with Crippen molar-refractivity contribution >= 4 is 17.6 Å². The molecule has 0 aromatic heterocycles. The summed E-state index contributed by atoms with van der Waals surface area (Å²) in [7, 11) is 0. The summed E-state index contributed by atoms with van der Waals surface area (Å²) >= 11 is 0. The fourth-order valence-corrected chi connectivity index (χ4v) is 4.38. The normalized spacial score (nSPS) is 14.6. The Kier molecular flexibility index (Phi) is 17.6. The second-order valence-electron chi connectivity index (χ2n) is 10.0. The molecule has 0 spiro atoms. The number of nitrogens with one attached hydrogen (secondary N) is 3. The monoisotopic (exact) mass is 524 g/mol. The molecule has 3 amide bonds. The summed E-state index contributed by atoms with van der Waals surface area (Å²) in [6.45, 7) is 17.5. The van der Waals surface area contributed by atoms with Crippen LogP contribution in [0.25, 0.3) is 0 Å². The molecule has 0 saturated carbocycles. The van der Waals surface area contributed by atoms with E-state index >= 15 is 0 Å². The third kappa shape index (κ3) is 14.2. The number of piperidine rings is 1. The number of urea groups is 1. The van der Waals surface area contributed by atoms with Crippen LogP contribution in [0.3, 0.4) is 0 Å². The minimum atomic E-state index is -0.147. The van der Waals surface area contributed by atoms with Crippen LogP contribution in [0.4, 0.5) is 10.5 Å². The first-order valence-electron chi connectivity index (χ1n) is 14.5. The number of carbonyl (C=O) groups is 2. The van der Waals surface area contributed by atoms with Gasteiger partial charge in [-0.1, -0.05) is 83.9 Å². The molecule has 1 aromatic carbocycles. The smallest absolute Gasteiger partial charge is 0.318 e. The summed E-state index contributed by atoms with van der Waals surface area (Å²) in [5.41, 5.74) is 3.06.